The molecule has 82 valence electrons. The second kappa shape index (κ2) is 4.61. The van der Waals surface area contributed by atoms with E-state index in [1.165, 1.54) is 0 Å². The van der Waals surface area contributed by atoms with Crippen molar-refractivity contribution in [3.05, 3.63) is 22.3 Å². The highest BCUT2D eigenvalue weighted by atomic mass is 79.9. The average molecular weight is 273 g/mol. The summed E-state index contributed by atoms with van der Waals surface area (Å²) in [4.78, 5) is 16.6. The molecule has 4 nitrogen and oxygen atoms in total. The summed E-state index contributed by atoms with van der Waals surface area (Å²) >= 11 is 3.35. The number of nitrogens with zero attached hydrogens (tertiary/aromatic N) is 2. The van der Waals surface area contributed by atoms with Crippen molar-refractivity contribution in [2.45, 2.75) is 19.9 Å². The number of carbonyl (C=O) groups is 1. The molecule has 0 aliphatic heterocycles. The zero-order valence-electron chi connectivity index (χ0n) is 8.86. The average Bonchev–Trinajstić information content (AvgIpc) is 2.19. The number of anilines is 1. The second-order valence-electron chi connectivity index (χ2n) is 3.42. The third kappa shape index (κ3) is 2.68. The highest BCUT2D eigenvalue weighted by Gasteiger charge is 2.18. The molecule has 0 aromatic carbocycles. The van der Waals surface area contributed by atoms with Crippen LogP contribution in [0.3, 0.4) is 0 Å². The van der Waals surface area contributed by atoms with Crippen LogP contribution in [0.5, 0.6) is 0 Å². The smallest absolute Gasteiger partial charge is 0.326 e. The molecule has 0 amide bonds. The summed E-state index contributed by atoms with van der Waals surface area (Å²) in [6, 6.07) is 1.27. The molecule has 0 radical (unpaired) electrons. The second-order valence-corrected chi connectivity index (χ2v) is 4.27. The molecule has 0 saturated heterocycles. The Balaban J connectivity index is 2.96. The van der Waals surface area contributed by atoms with Crippen LogP contribution in [0.15, 0.2) is 16.7 Å². The van der Waals surface area contributed by atoms with E-state index in [-0.39, 0.29) is 0 Å². The summed E-state index contributed by atoms with van der Waals surface area (Å²) in [6.45, 7) is 3.57. The fourth-order valence-electron chi connectivity index (χ4n) is 1.08. The minimum absolute atomic E-state index is 0.585. The number of halogens is 1. The lowest BCUT2D eigenvalue weighted by molar-refractivity contribution is -0.138. The van der Waals surface area contributed by atoms with Crippen molar-refractivity contribution in [3.8, 4) is 0 Å². The van der Waals surface area contributed by atoms with E-state index in [9.17, 15) is 4.79 Å². The van der Waals surface area contributed by atoms with E-state index in [0.717, 1.165) is 10.0 Å². The SMILES string of the molecule is Cc1cc(N(C)C(C)C(=O)O)ncc1Br. The van der Waals surface area contributed by atoms with E-state index in [2.05, 4.69) is 20.9 Å². The number of hydrogen-bond acceptors (Lipinski definition) is 3. The first-order valence-electron chi connectivity index (χ1n) is 4.51. The molecule has 0 fully saturated rings. The van der Waals surface area contributed by atoms with Gasteiger partial charge in [-0.25, -0.2) is 9.78 Å². The van der Waals surface area contributed by atoms with Crippen LogP contribution in [0.2, 0.25) is 0 Å². The Hall–Kier alpha value is -1.10. The molecule has 0 aliphatic rings. The Labute approximate surface area is 97.1 Å². The van der Waals surface area contributed by atoms with Crippen molar-refractivity contribution in [2.24, 2.45) is 0 Å². The van der Waals surface area contributed by atoms with Crippen LogP contribution in [0.25, 0.3) is 0 Å². The maximum Gasteiger partial charge on any atom is 0.326 e. The molecule has 0 saturated carbocycles. The standard InChI is InChI=1S/C10H13BrN2O2/c1-6-4-9(12-5-8(6)11)13(3)7(2)10(14)15/h4-5,7H,1-3H3,(H,14,15). The molecule has 1 N–H and O–H groups in total. The van der Waals surface area contributed by atoms with Gasteiger partial charge in [0.05, 0.1) is 0 Å². The van der Waals surface area contributed by atoms with Gasteiger partial charge in [0.15, 0.2) is 0 Å². The number of rotatable bonds is 3. The van der Waals surface area contributed by atoms with E-state index in [1.54, 1.807) is 25.1 Å². The van der Waals surface area contributed by atoms with Crippen molar-refractivity contribution in [2.75, 3.05) is 11.9 Å². The molecule has 15 heavy (non-hydrogen) atoms. The molecule has 1 unspecified atom stereocenters. The van der Waals surface area contributed by atoms with E-state index >= 15 is 0 Å². The number of carboxylic acids is 1. The van der Waals surface area contributed by atoms with E-state index in [4.69, 9.17) is 5.11 Å². The van der Waals surface area contributed by atoms with Gasteiger partial charge < -0.3 is 10.0 Å². The molecule has 1 aromatic rings. The zero-order valence-corrected chi connectivity index (χ0v) is 10.4. The van der Waals surface area contributed by atoms with Gasteiger partial charge in [-0.05, 0) is 41.4 Å². The molecule has 1 heterocycles. The number of aryl methyl sites for hydroxylation is 1. The van der Waals surface area contributed by atoms with Gasteiger partial charge in [0, 0.05) is 17.7 Å². The Morgan fingerprint density at radius 2 is 2.27 bits per heavy atom. The van der Waals surface area contributed by atoms with Crippen molar-refractivity contribution < 1.29 is 9.90 Å². The molecule has 1 aromatic heterocycles. The molecule has 0 aliphatic carbocycles. The molecular formula is C10H13BrN2O2. The maximum atomic E-state index is 10.8. The van der Waals surface area contributed by atoms with Gasteiger partial charge in [-0.3, -0.25) is 0 Å². The highest BCUT2D eigenvalue weighted by Crippen LogP contribution is 2.20. The minimum atomic E-state index is -0.861. The Morgan fingerprint density at radius 3 is 2.73 bits per heavy atom. The zero-order chi connectivity index (χ0) is 11.6. The van der Waals surface area contributed by atoms with E-state index in [0.29, 0.717) is 5.82 Å². The largest absolute Gasteiger partial charge is 0.480 e. The fourth-order valence-corrected chi connectivity index (χ4v) is 1.30. The van der Waals surface area contributed by atoms with Crippen LogP contribution in [-0.4, -0.2) is 29.1 Å². The number of aliphatic carboxylic acids is 1. The van der Waals surface area contributed by atoms with Gasteiger partial charge in [-0.1, -0.05) is 0 Å². The van der Waals surface area contributed by atoms with Crippen molar-refractivity contribution in [3.63, 3.8) is 0 Å². The van der Waals surface area contributed by atoms with Crippen LogP contribution in [-0.2, 0) is 4.79 Å². The number of hydrogen-bond donors (Lipinski definition) is 1. The van der Waals surface area contributed by atoms with Crippen molar-refractivity contribution in [1.82, 2.24) is 4.98 Å². The molecular weight excluding hydrogens is 260 g/mol. The first-order valence-corrected chi connectivity index (χ1v) is 5.30. The molecule has 0 spiro atoms. The summed E-state index contributed by atoms with van der Waals surface area (Å²) in [5, 5.41) is 8.86. The quantitative estimate of drug-likeness (QED) is 0.915. The maximum absolute atomic E-state index is 10.8. The summed E-state index contributed by atoms with van der Waals surface area (Å²) in [7, 11) is 1.72. The lowest BCUT2D eigenvalue weighted by Gasteiger charge is -2.22. The highest BCUT2D eigenvalue weighted by molar-refractivity contribution is 9.10. The van der Waals surface area contributed by atoms with Crippen LogP contribution in [0.1, 0.15) is 12.5 Å². The summed E-state index contributed by atoms with van der Waals surface area (Å²) in [5.41, 5.74) is 1.03. The van der Waals surface area contributed by atoms with Gasteiger partial charge in [0.2, 0.25) is 0 Å². The number of likely N-dealkylation sites (N-methyl/N-ethyl adjacent to an activating group) is 1. The van der Waals surface area contributed by atoms with Crippen molar-refractivity contribution >= 4 is 27.7 Å². The van der Waals surface area contributed by atoms with Gasteiger partial charge in [0.25, 0.3) is 0 Å². The van der Waals surface area contributed by atoms with Crippen LogP contribution < -0.4 is 4.90 Å². The molecule has 1 rings (SSSR count). The third-order valence-electron chi connectivity index (χ3n) is 2.33. The van der Waals surface area contributed by atoms with Crippen molar-refractivity contribution in [1.29, 1.82) is 0 Å². The van der Waals surface area contributed by atoms with Gasteiger partial charge in [-0.2, -0.15) is 0 Å². The molecule has 1 atom stereocenters. The topological polar surface area (TPSA) is 53.4 Å². The van der Waals surface area contributed by atoms with Crippen LogP contribution in [0.4, 0.5) is 5.82 Å². The normalized spacial score (nSPS) is 12.3. The lowest BCUT2D eigenvalue weighted by atomic mass is 10.2. The first kappa shape index (κ1) is 12.0. The van der Waals surface area contributed by atoms with Crippen LogP contribution in [0, 0.1) is 6.92 Å². The molecule has 5 heteroatoms. The summed E-state index contributed by atoms with van der Waals surface area (Å²) < 4.78 is 0.919. The third-order valence-corrected chi connectivity index (χ3v) is 3.16. The Bertz CT molecular complexity index is 382. The fraction of sp³-hybridized carbons (Fsp3) is 0.400. The lowest BCUT2D eigenvalue weighted by Crippen LogP contribution is -2.36. The van der Waals surface area contributed by atoms with Gasteiger partial charge >= 0.3 is 5.97 Å². The Morgan fingerprint density at radius 1 is 1.67 bits per heavy atom. The number of pyridine rings is 1. The minimum Gasteiger partial charge on any atom is -0.480 e. The van der Waals surface area contributed by atoms with Gasteiger partial charge in [-0.15, -0.1) is 0 Å². The molecule has 0 bridgehead atoms. The summed E-state index contributed by atoms with van der Waals surface area (Å²) in [6.07, 6.45) is 1.68. The predicted molar refractivity (Wildman–Crippen MR) is 62.2 cm³/mol. The van der Waals surface area contributed by atoms with Crippen LogP contribution >= 0.6 is 15.9 Å². The Kier molecular flexibility index (Phi) is 3.68. The number of carboxylic acid groups (broad SMARTS) is 1. The predicted octanol–water partition coefficient (Wildman–Crippen LogP) is 2.06. The van der Waals surface area contributed by atoms with Gasteiger partial charge in [0.1, 0.15) is 11.9 Å². The first-order chi connectivity index (χ1) is 6.93. The summed E-state index contributed by atoms with van der Waals surface area (Å²) in [5.74, 6) is -0.203. The number of aromatic nitrogens is 1. The monoisotopic (exact) mass is 272 g/mol. The van der Waals surface area contributed by atoms with E-state index < -0.39 is 12.0 Å². The van der Waals surface area contributed by atoms with E-state index in [1.807, 2.05) is 13.0 Å².